The second-order valence-electron chi connectivity index (χ2n) is 6.78. The maximum atomic E-state index is 5.73. The molecule has 3 aliphatic heterocycles. The highest BCUT2D eigenvalue weighted by Crippen LogP contribution is 2.46. The lowest BCUT2D eigenvalue weighted by molar-refractivity contribution is 0.151. The second kappa shape index (κ2) is 5.56. The Morgan fingerprint density at radius 2 is 1.88 bits per heavy atom. The van der Waals surface area contributed by atoms with Crippen LogP contribution >= 0.6 is 0 Å². The fraction of sp³-hybridized carbons (Fsp3) is 0.400. The number of fused-ring (bicyclic) bond motifs is 6. The Hall–Kier alpha value is -2.40. The summed E-state index contributed by atoms with van der Waals surface area (Å²) in [7, 11) is 3.39. The van der Waals surface area contributed by atoms with Crippen molar-refractivity contribution in [1.82, 2.24) is 4.90 Å². The summed E-state index contributed by atoms with van der Waals surface area (Å²) in [6, 6.07) is 8.89. The van der Waals surface area contributed by atoms with Crippen LogP contribution < -0.4 is 18.9 Å². The zero-order valence-electron chi connectivity index (χ0n) is 14.5. The van der Waals surface area contributed by atoms with Crippen LogP contribution in [-0.4, -0.2) is 32.5 Å². The highest BCUT2D eigenvalue weighted by Gasteiger charge is 2.35. The number of hydrogen-bond donors (Lipinski definition) is 0. The van der Waals surface area contributed by atoms with E-state index in [1.54, 1.807) is 14.2 Å². The van der Waals surface area contributed by atoms with Gasteiger partial charge in [0, 0.05) is 24.7 Å². The average molecular weight is 339 g/mol. The topological polar surface area (TPSA) is 40.2 Å². The Balaban J connectivity index is 1.57. The Kier molecular flexibility index (Phi) is 3.31. The molecule has 2 aromatic carbocycles. The third kappa shape index (κ3) is 2.19. The molecule has 5 heteroatoms. The number of ether oxygens (including phenoxy) is 4. The Labute approximate surface area is 147 Å². The number of rotatable bonds is 2. The van der Waals surface area contributed by atoms with Gasteiger partial charge in [0.05, 0.1) is 14.2 Å². The number of nitrogens with zero attached hydrogens (tertiary/aromatic N) is 1. The summed E-state index contributed by atoms with van der Waals surface area (Å²) in [6.07, 6.45) is 2.00. The molecule has 2 aromatic rings. The van der Waals surface area contributed by atoms with Gasteiger partial charge in [-0.05, 0) is 47.7 Å². The van der Waals surface area contributed by atoms with E-state index in [1.165, 1.54) is 22.3 Å². The fourth-order valence-corrected chi connectivity index (χ4v) is 4.36. The molecule has 3 aliphatic rings. The second-order valence-corrected chi connectivity index (χ2v) is 6.78. The third-order valence-electron chi connectivity index (χ3n) is 5.63. The van der Waals surface area contributed by atoms with Crippen molar-refractivity contribution in [2.24, 2.45) is 0 Å². The van der Waals surface area contributed by atoms with Crippen LogP contribution in [0, 0.1) is 0 Å². The van der Waals surface area contributed by atoms with E-state index in [4.69, 9.17) is 18.9 Å². The zero-order chi connectivity index (χ0) is 17.0. The SMILES string of the molecule is COc1cc2c(cc1OC)[C@@H]1Cc3ccc4c(c3CN1CC2)OCO4. The largest absolute Gasteiger partial charge is 0.493 e. The van der Waals surface area contributed by atoms with Crippen molar-refractivity contribution in [2.75, 3.05) is 27.6 Å². The van der Waals surface area contributed by atoms with Gasteiger partial charge >= 0.3 is 0 Å². The van der Waals surface area contributed by atoms with Gasteiger partial charge in [-0.15, -0.1) is 0 Å². The predicted molar refractivity (Wildman–Crippen MR) is 92.7 cm³/mol. The maximum absolute atomic E-state index is 5.73. The Morgan fingerprint density at radius 1 is 1.04 bits per heavy atom. The monoisotopic (exact) mass is 339 g/mol. The van der Waals surface area contributed by atoms with Gasteiger partial charge in [0.1, 0.15) is 0 Å². The molecular weight excluding hydrogens is 318 g/mol. The standard InChI is InChI=1S/C20H21NO4/c1-22-18-8-13-5-6-21-10-15-12(3-4-17-20(15)25-11-24-17)7-16(21)14(13)9-19(18)23-2/h3-4,8-9,16H,5-7,10-11H2,1-2H3/t16-/m0/s1. The first-order valence-corrected chi connectivity index (χ1v) is 8.67. The van der Waals surface area contributed by atoms with Gasteiger partial charge in [-0.2, -0.15) is 0 Å². The summed E-state index contributed by atoms with van der Waals surface area (Å²) in [6.45, 7) is 2.27. The van der Waals surface area contributed by atoms with Crippen LogP contribution in [0.25, 0.3) is 0 Å². The van der Waals surface area contributed by atoms with Crippen molar-refractivity contribution < 1.29 is 18.9 Å². The predicted octanol–water partition coefficient (Wildman–Crippen LogP) is 3.09. The lowest BCUT2D eigenvalue weighted by atomic mass is 9.83. The van der Waals surface area contributed by atoms with E-state index in [9.17, 15) is 0 Å². The molecule has 5 nitrogen and oxygen atoms in total. The zero-order valence-corrected chi connectivity index (χ0v) is 14.5. The van der Waals surface area contributed by atoms with Gasteiger partial charge in [-0.1, -0.05) is 6.07 Å². The van der Waals surface area contributed by atoms with Crippen LogP contribution in [0.1, 0.15) is 28.3 Å². The van der Waals surface area contributed by atoms with E-state index in [1.807, 2.05) is 6.07 Å². The number of hydrogen-bond acceptors (Lipinski definition) is 5. The molecule has 1 atom stereocenters. The molecule has 0 radical (unpaired) electrons. The fourth-order valence-electron chi connectivity index (χ4n) is 4.36. The van der Waals surface area contributed by atoms with E-state index in [0.717, 1.165) is 48.9 Å². The van der Waals surface area contributed by atoms with Crippen molar-refractivity contribution >= 4 is 0 Å². The molecule has 0 spiro atoms. The highest BCUT2D eigenvalue weighted by atomic mass is 16.7. The van der Waals surface area contributed by atoms with Crippen molar-refractivity contribution in [2.45, 2.75) is 25.4 Å². The van der Waals surface area contributed by atoms with Crippen molar-refractivity contribution in [3.8, 4) is 23.0 Å². The van der Waals surface area contributed by atoms with Crippen molar-refractivity contribution in [3.63, 3.8) is 0 Å². The smallest absolute Gasteiger partial charge is 0.231 e. The Morgan fingerprint density at radius 3 is 2.72 bits per heavy atom. The van der Waals surface area contributed by atoms with E-state index in [0.29, 0.717) is 12.8 Å². The summed E-state index contributed by atoms with van der Waals surface area (Å²) in [5.41, 5.74) is 5.36. The molecule has 0 saturated heterocycles. The lowest BCUT2D eigenvalue weighted by Crippen LogP contribution is -2.39. The molecule has 0 saturated carbocycles. The van der Waals surface area contributed by atoms with Crippen LogP contribution in [0.2, 0.25) is 0 Å². The summed E-state index contributed by atoms with van der Waals surface area (Å²) in [5, 5.41) is 0. The van der Waals surface area contributed by atoms with E-state index >= 15 is 0 Å². The summed E-state index contributed by atoms with van der Waals surface area (Å²) in [4.78, 5) is 2.54. The van der Waals surface area contributed by atoms with E-state index in [-0.39, 0.29) is 0 Å². The van der Waals surface area contributed by atoms with Crippen LogP contribution in [0.3, 0.4) is 0 Å². The molecule has 0 aliphatic carbocycles. The minimum atomic E-state index is 0.328. The normalized spacial score (nSPS) is 20.5. The van der Waals surface area contributed by atoms with E-state index < -0.39 is 0 Å². The molecule has 0 amide bonds. The molecule has 0 aromatic heterocycles. The Bertz CT molecular complexity index is 848. The molecule has 0 N–H and O–H groups in total. The molecule has 5 rings (SSSR count). The lowest BCUT2D eigenvalue weighted by Gasteiger charge is -2.41. The number of benzene rings is 2. The summed E-state index contributed by atoms with van der Waals surface area (Å²) >= 11 is 0. The van der Waals surface area contributed by atoms with Gasteiger partial charge in [0.25, 0.3) is 0 Å². The first-order chi connectivity index (χ1) is 12.3. The summed E-state index contributed by atoms with van der Waals surface area (Å²) < 4.78 is 22.3. The summed E-state index contributed by atoms with van der Waals surface area (Å²) in [5.74, 6) is 3.43. The molecular formula is C20H21NO4. The molecule has 3 heterocycles. The van der Waals surface area contributed by atoms with Gasteiger partial charge in [-0.3, -0.25) is 4.90 Å². The van der Waals surface area contributed by atoms with Crippen molar-refractivity contribution in [1.29, 1.82) is 0 Å². The molecule has 0 fully saturated rings. The van der Waals surface area contributed by atoms with Crippen LogP contribution in [0.15, 0.2) is 24.3 Å². The minimum absolute atomic E-state index is 0.328. The third-order valence-corrected chi connectivity index (χ3v) is 5.63. The molecule has 25 heavy (non-hydrogen) atoms. The quantitative estimate of drug-likeness (QED) is 0.841. The van der Waals surface area contributed by atoms with Crippen LogP contribution in [0.4, 0.5) is 0 Å². The van der Waals surface area contributed by atoms with Crippen LogP contribution in [0.5, 0.6) is 23.0 Å². The van der Waals surface area contributed by atoms with E-state index in [2.05, 4.69) is 23.1 Å². The first kappa shape index (κ1) is 14.9. The first-order valence-electron chi connectivity index (χ1n) is 8.67. The van der Waals surface area contributed by atoms with Gasteiger partial charge in [-0.25, -0.2) is 0 Å². The average Bonchev–Trinajstić information content (AvgIpc) is 3.14. The minimum Gasteiger partial charge on any atom is -0.493 e. The van der Waals surface area contributed by atoms with Gasteiger partial charge < -0.3 is 18.9 Å². The molecule has 0 bridgehead atoms. The van der Waals surface area contributed by atoms with Crippen LogP contribution in [-0.2, 0) is 19.4 Å². The maximum Gasteiger partial charge on any atom is 0.231 e. The number of methoxy groups -OCH3 is 2. The van der Waals surface area contributed by atoms with Gasteiger partial charge in [0.2, 0.25) is 6.79 Å². The van der Waals surface area contributed by atoms with Gasteiger partial charge in [0.15, 0.2) is 23.0 Å². The molecule has 0 unspecified atom stereocenters. The highest BCUT2D eigenvalue weighted by molar-refractivity contribution is 5.55. The molecule has 130 valence electrons. The van der Waals surface area contributed by atoms with Crippen molar-refractivity contribution in [3.05, 3.63) is 46.5 Å².